The van der Waals surface area contributed by atoms with Crippen LogP contribution in [0, 0.1) is 11.6 Å². The molecule has 0 spiro atoms. The smallest absolute Gasteiger partial charge is 0.247 e. The predicted octanol–water partition coefficient (Wildman–Crippen LogP) is 1.57. The molecule has 1 unspecified atom stereocenters. The number of rotatable bonds is 5. The Morgan fingerprint density at radius 3 is 2.56 bits per heavy atom. The highest BCUT2D eigenvalue weighted by Crippen LogP contribution is 2.32. The van der Waals surface area contributed by atoms with Crippen molar-refractivity contribution >= 4 is 17.3 Å². The largest absolute Gasteiger partial charge is 0.496 e. The third kappa shape index (κ3) is 3.65. The number of nitrogens with zero attached hydrogens (tertiary/aromatic N) is 3. The van der Waals surface area contributed by atoms with Gasteiger partial charge in [-0.15, -0.1) is 0 Å². The molecule has 1 amide bonds. The predicted molar refractivity (Wildman–Crippen MR) is 92.8 cm³/mol. The highest BCUT2D eigenvalue weighted by molar-refractivity contribution is 5.98. The van der Waals surface area contributed by atoms with Crippen LogP contribution in [0.3, 0.4) is 0 Å². The van der Waals surface area contributed by atoms with Gasteiger partial charge in [-0.2, -0.15) is 0 Å². The van der Waals surface area contributed by atoms with E-state index in [-0.39, 0.29) is 0 Å². The van der Waals surface area contributed by atoms with E-state index in [9.17, 15) is 13.6 Å². The van der Waals surface area contributed by atoms with Gasteiger partial charge in [0.15, 0.2) is 11.6 Å². The van der Waals surface area contributed by atoms with Gasteiger partial charge in [0.1, 0.15) is 17.5 Å². The molecule has 0 aromatic carbocycles. The fraction of sp³-hybridized carbons (Fsp3) is 0.235. The zero-order valence-corrected chi connectivity index (χ0v) is 14.8. The molecule has 1 atom stereocenters. The van der Waals surface area contributed by atoms with E-state index < -0.39 is 29.3 Å². The van der Waals surface area contributed by atoms with Gasteiger partial charge < -0.3 is 19.8 Å². The molecule has 0 saturated heterocycles. The first-order chi connectivity index (χ1) is 12.9. The number of anilines is 1. The number of aromatic nitrogens is 2. The van der Waals surface area contributed by atoms with Gasteiger partial charge in [-0.25, -0.2) is 19.2 Å². The van der Waals surface area contributed by atoms with Crippen LogP contribution in [-0.4, -0.2) is 48.2 Å². The molecule has 3 heterocycles. The van der Waals surface area contributed by atoms with Gasteiger partial charge in [-0.3, -0.25) is 9.78 Å². The summed E-state index contributed by atoms with van der Waals surface area (Å²) in [5, 5.41) is 3.82. The first-order valence-electron chi connectivity index (χ1n) is 7.84. The standard InChI is InChI=1S/C17H17F2N5O3/c1-24-13(9-6-21-15(27-3)5-14(9)26-2)4-12(23-24)17(25)22-16-10(18)7-20-8-11(16)19/h4-8,12,23H,1-3H3,(H,20,22,25). The number of nitrogens with one attached hydrogen (secondary N) is 2. The Morgan fingerprint density at radius 1 is 1.22 bits per heavy atom. The van der Waals surface area contributed by atoms with E-state index in [2.05, 4.69) is 20.7 Å². The Kier molecular flexibility index (Phi) is 5.17. The number of pyridine rings is 2. The number of halogens is 2. The summed E-state index contributed by atoms with van der Waals surface area (Å²) in [6, 6.07) is 0.753. The van der Waals surface area contributed by atoms with Crippen LogP contribution in [0.4, 0.5) is 14.5 Å². The van der Waals surface area contributed by atoms with Crippen LogP contribution in [0.1, 0.15) is 5.56 Å². The lowest BCUT2D eigenvalue weighted by Gasteiger charge is -2.20. The number of hydrogen-bond acceptors (Lipinski definition) is 7. The molecule has 2 N–H and O–H groups in total. The highest BCUT2D eigenvalue weighted by atomic mass is 19.1. The maximum absolute atomic E-state index is 13.7. The Hall–Kier alpha value is -3.27. The van der Waals surface area contributed by atoms with Crippen LogP contribution in [0.5, 0.6) is 11.6 Å². The number of ether oxygens (including phenoxy) is 2. The normalized spacial score (nSPS) is 16.1. The van der Waals surface area contributed by atoms with Crippen molar-refractivity contribution in [2.45, 2.75) is 6.04 Å². The van der Waals surface area contributed by atoms with E-state index in [1.165, 1.54) is 14.2 Å². The Labute approximate surface area is 153 Å². The third-order valence-electron chi connectivity index (χ3n) is 3.95. The van der Waals surface area contributed by atoms with Gasteiger partial charge in [0, 0.05) is 19.3 Å². The average molecular weight is 377 g/mol. The van der Waals surface area contributed by atoms with Gasteiger partial charge in [-0.05, 0) is 6.08 Å². The third-order valence-corrected chi connectivity index (χ3v) is 3.95. The Bertz CT molecular complexity index is 886. The minimum atomic E-state index is -0.958. The molecule has 1 aliphatic heterocycles. The first kappa shape index (κ1) is 18.5. The molecule has 1 aliphatic rings. The van der Waals surface area contributed by atoms with E-state index >= 15 is 0 Å². The second-order valence-corrected chi connectivity index (χ2v) is 5.61. The van der Waals surface area contributed by atoms with Crippen LogP contribution in [0.2, 0.25) is 0 Å². The van der Waals surface area contributed by atoms with E-state index in [0.29, 0.717) is 22.9 Å². The lowest BCUT2D eigenvalue weighted by molar-refractivity contribution is -0.117. The molecule has 0 saturated carbocycles. The van der Waals surface area contributed by atoms with Crippen molar-refractivity contribution in [1.29, 1.82) is 0 Å². The first-order valence-corrected chi connectivity index (χ1v) is 7.84. The average Bonchev–Trinajstić information content (AvgIpc) is 3.05. The van der Waals surface area contributed by atoms with Crippen LogP contribution in [-0.2, 0) is 4.79 Å². The molecular formula is C17H17F2N5O3. The minimum absolute atomic E-state index is 0.378. The quantitative estimate of drug-likeness (QED) is 0.818. The lowest BCUT2D eigenvalue weighted by Crippen LogP contribution is -2.41. The summed E-state index contributed by atoms with van der Waals surface area (Å²) >= 11 is 0. The Balaban J connectivity index is 1.86. The molecule has 142 valence electrons. The second kappa shape index (κ2) is 7.54. The SMILES string of the molecule is COc1cc(OC)c(C2=CC(C(=O)Nc3c(F)cncc3F)NN2C)cn1. The molecule has 8 nitrogen and oxygen atoms in total. The fourth-order valence-electron chi connectivity index (χ4n) is 2.61. The number of methoxy groups -OCH3 is 2. The van der Waals surface area contributed by atoms with Gasteiger partial charge in [0.05, 0.1) is 37.9 Å². The van der Waals surface area contributed by atoms with E-state index in [4.69, 9.17) is 9.47 Å². The second-order valence-electron chi connectivity index (χ2n) is 5.61. The summed E-state index contributed by atoms with van der Waals surface area (Å²) in [6.07, 6.45) is 4.78. The maximum Gasteiger partial charge on any atom is 0.247 e. The molecule has 10 heteroatoms. The number of hydrogen-bond donors (Lipinski definition) is 2. The fourth-order valence-corrected chi connectivity index (χ4v) is 2.61. The lowest BCUT2D eigenvalue weighted by atomic mass is 10.1. The van der Waals surface area contributed by atoms with Crippen molar-refractivity contribution in [3.63, 3.8) is 0 Å². The Morgan fingerprint density at radius 2 is 1.93 bits per heavy atom. The van der Waals surface area contributed by atoms with Crippen molar-refractivity contribution in [3.8, 4) is 11.6 Å². The van der Waals surface area contributed by atoms with Crippen LogP contribution < -0.4 is 20.2 Å². The molecule has 0 bridgehead atoms. The highest BCUT2D eigenvalue weighted by Gasteiger charge is 2.29. The van der Waals surface area contributed by atoms with Crippen molar-refractivity contribution in [3.05, 3.63) is 47.9 Å². The van der Waals surface area contributed by atoms with E-state index in [1.54, 1.807) is 30.4 Å². The molecule has 2 aromatic heterocycles. The number of amides is 1. The van der Waals surface area contributed by atoms with Crippen molar-refractivity contribution in [2.24, 2.45) is 0 Å². The molecule has 0 fully saturated rings. The van der Waals surface area contributed by atoms with Gasteiger partial charge in [-0.1, -0.05) is 0 Å². The monoisotopic (exact) mass is 377 g/mol. The number of carbonyl (C=O) groups excluding carboxylic acids is 1. The molecule has 2 aromatic rings. The molecular weight excluding hydrogens is 360 g/mol. The number of carbonyl (C=O) groups is 1. The summed E-state index contributed by atoms with van der Waals surface area (Å²) in [5.74, 6) is -1.68. The summed E-state index contributed by atoms with van der Waals surface area (Å²) in [5.41, 5.74) is 3.57. The maximum atomic E-state index is 13.7. The van der Waals surface area contributed by atoms with Crippen molar-refractivity contribution in [2.75, 3.05) is 26.6 Å². The van der Waals surface area contributed by atoms with E-state index in [0.717, 1.165) is 12.4 Å². The number of hydrazine groups is 1. The zero-order chi connectivity index (χ0) is 19.6. The molecule has 0 aliphatic carbocycles. The van der Waals surface area contributed by atoms with Gasteiger partial charge in [0.2, 0.25) is 11.8 Å². The summed E-state index contributed by atoms with van der Waals surface area (Å²) in [6.45, 7) is 0. The van der Waals surface area contributed by atoms with Crippen molar-refractivity contribution in [1.82, 2.24) is 20.4 Å². The summed E-state index contributed by atoms with van der Waals surface area (Å²) < 4.78 is 37.8. The molecule has 3 rings (SSSR count). The minimum Gasteiger partial charge on any atom is -0.496 e. The topological polar surface area (TPSA) is 88.6 Å². The van der Waals surface area contributed by atoms with Crippen LogP contribution in [0.25, 0.3) is 5.70 Å². The van der Waals surface area contributed by atoms with Crippen LogP contribution >= 0.6 is 0 Å². The molecule has 27 heavy (non-hydrogen) atoms. The summed E-state index contributed by atoms with van der Waals surface area (Å²) in [4.78, 5) is 20.0. The van der Waals surface area contributed by atoms with Gasteiger partial charge in [0.25, 0.3) is 0 Å². The molecule has 0 radical (unpaired) electrons. The van der Waals surface area contributed by atoms with Gasteiger partial charge >= 0.3 is 0 Å². The zero-order valence-electron chi connectivity index (χ0n) is 14.8. The van der Waals surface area contributed by atoms with Crippen LogP contribution in [0.15, 0.2) is 30.7 Å². The van der Waals surface area contributed by atoms with E-state index in [1.807, 2.05) is 0 Å². The van der Waals surface area contributed by atoms with Crippen molar-refractivity contribution < 1.29 is 23.0 Å². The summed E-state index contributed by atoms with van der Waals surface area (Å²) in [7, 11) is 4.68.